The summed E-state index contributed by atoms with van der Waals surface area (Å²) in [6.07, 6.45) is -0.114. The monoisotopic (exact) mass is 398 g/mol. The van der Waals surface area contributed by atoms with Gasteiger partial charge in [0.25, 0.3) is 5.91 Å². The number of carbonyl (C=O) groups excluding carboxylic acids is 1. The minimum absolute atomic E-state index is 0.0897. The number of likely N-dealkylation sites (tertiary alicyclic amines) is 1. The minimum atomic E-state index is -3.65. The van der Waals surface area contributed by atoms with E-state index in [9.17, 15) is 23.1 Å². The highest BCUT2D eigenvalue weighted by Crippen LogP contribution is 2.24. The number of hydrogen-bond donors (Lipinski definition) is 1. The van der Waals surface area contributed by atoms with Gasteiger partial charge in [0.05, 0.1) is 24.2 Å². The fraction of sp³-hybridized carbons (Fsp3) is 0.529. The van der Waals surface area contributed by atoms with Crippen LogP contribution in [0.1, 0.15) is 16.8 Å². The van der Waals surface area contributed by atoms with Crippen molar-refractivity contribution >= 4 is 21.9 Å². The van der Waals surface area contributed by atoms with Gasteiger partial charge in [-0.05, 0) is 24.3 Å². The van der Waals surface area contributed by atoms with Crippen LogP contribution in [-0.4, -0.2) is 86.7 Å². The van der Waals surface area contributed by atoms with E-state index in [-0.39, 0.29) is 42.6 Å². The second-order valence-corrected chi connectivity index (χ2v) is 8.38. The van der Waals surface area contributed by atoms with Gasteiger partial charge in [0.15, 0.2) is 0 Å². The summed E-state index contributed by atoms with van der Waals surface area (Å²) >= 11 is 0. The first-order valence-corrected chi connectivity index (χ1v) is 10.0. The van der Waals surface area contributed by atoms with Gasteiger partial charge in [-0.2, -0.15) is 4.31 Å². The van der Waals surface area contributed by atoms with Crippen molar-refractivity contribution in [2.45, 2.75) is 23.5 Å². The molecule has 10 heteroatoms. The maximum absolute atomic E-state index is 12.7. The average molecular weight is 398 g/mol. The third-order valence-corrected chi connectivity index (χ3v) is 6.76. The molecule has 2 aliphatic rings. The van der Waals surface area contributed by atoms with E-state index in [0.29, 0.717) is 13.2 Å². The van der Waals surface area contributed by atoms with Gasteiger partial charge >= 0.3 is 5.97 Å². The number of aliphatic carboxylic acids is 1. The standard InChI is InChI=1S/C17H22N2O7S/c1-25-13-10-15(17(21)22)19(11-13)16(20)12-2-4-14(5-3-12)27(23,24)18-6-8-26-9-7-18/h2-5,13,15H,6-11H2,1H3,(H,21,22). The number of sulfonamides is 1. The van der Waals surface area contributed by atoms with Gasteiger partial charge < -0.3 is 19.5 Å². The second kappa shape index (κ2) is 7.93. The third kappa shape index (κ3) is 3.98. The summed E-state index contributed by atoms with van der Waals surface area (Å²) in [6, 6.07) is 4.61. The van der Waals surface area contributed by atoms with Crippen LogP contribution in [0.15, 0.2) is 29.2 Å². The zero-order valence-corrected chi connectivity index (χ0v) is 15.7. The zero-order chi connectivity index (χ0) is 19.6. The van der Waals surface area contributed by atoms with E-state index < -0.39 is 27.9 Å². The molecule has 1 amide bonds. The van der Waals surface area contributed by atoms with Crippen molar-refractivity contribution in [1.29, 1.82) is 0 Å². The van der Waals surface area contributed by atoms with Crippen LogP contribution in [0.3, 0.4) is 0 Å². The largest absolute Gasteiger partial charge is 0.480 e. The SMILES string of the molecule is COC1CC(C(=O)O)N(C(=O)c2ccc(S(=O)(=O)N3CCOCC3)cc2)C1. The van der Waals surface area contributed by atoms with Crippen molar-refractivity contribution in [3.05, 3.63) is 29.8 Å². The van der Waals surface area contributed by atoms with Crippen LogP contribution in [-0.2, 0) is 24.3 Å². The highest BCUT2D eigenvalue weighted by Gasteiger charge is 2.40. The van der Waals surface area contributed by atoms with Gasteiger partial charge in [-0.15, -0.1) is 0 Å². The van der Waals surface area contributed by atoms with E-state index in [4.69, 9.17) is 9.47 Å². The predicted octanol–water partition coefficient (Wildman–Crippen LogP) is 0.0216. The van der Waals surface area contributed by atoms with Gasteiger partial charge in [-0.1, -0.05) is 0 Å². The number of amides is 1. The van der Waals surface area contributed by atoms with E-state index in [2.05, 4.69) is 0 Å². The summed E-state index contributed by atoms with van der Waals surface area (Å²) in [5.74, 6) is -1.55. The molecule has 0 aliphatic carbocycles. The Labute approximate surface area is 157 Å². The topological polar surface area (TPSA) is 113 Å². The summed E-state index contributed by atoms with van der Waals surface area (Å²) in [5, 5.41) is 9.34. The summed E-state index contributed by atoms with van der Waals surface area (Å²) in [5.41, 5.74) is 0.235. The maximum Gasteiger partial charge on any atom is 0.326 e. The quantitative estimate of drug-likeness (QED) is 0.744. The van der Waals surface area contributed by atoms with Crippen LogP contribution < -0.4 is 0 Å². The molecule has 2 aliphatic heterocycles. The Hall–Kier alpha value is -2.01. The number of carboxylic acids is 1. The summed E-state index contributed by atoms with van der Waals surface area (Å²) in [6.45, 7) is 1.45. The summed E-state index contributed by atoms with van der Waals surface area (Å²) < 4.78 is 37.0. The molecule has 2 fully saturated rings. The molecule has 0 saturated carbocycles. The van der Waals surface area contributed by atoms with Crippen molar-refractivity contribution in [2.75, 3.05) is 40.0 Å². The van der Waals surface area contributed by atoms with E-state index in [0.717, 1.165) is 0 Å². The molecular weight excluding hydrogens is 376 g/mol. The lowest BCUT2D eigenvalue weighted by molar-refractivity contribution is -0.141. The van der Waals surface area contributed by atoms with Crippen molar-refractivity contribution in [3.63, 3.8) is 0 Å². The van der Waals surface area contributed by atoms with Crippen LogP contribution in [0.25, 0.3) is 0 Å². The van der Waals surface area contributed by atoms with Crippen LogP contribution in [0.4, 0.5) is 0 Å². The normalized spacial score (nSPS) is 24.1. The molecule has 2 atom stereocenters. The molecule has 0 aromatic heterocycles. The maximum atomic E-state index is 12.7. The molecule has 2 unspecified atom stereocenters. The molecule has 2 saturated heterocycles. The highest BCUT2D eigenvalue weighted by molar-refractivity contribution is 7.89. The lowest BCUT2D eigenvalue weighted by atomic mass is 10.1. The Balaban J connectivity index is 1.78. The average Bonchev–Trinajstić information content (AvgIpc) is 3.13. The molecule has 2 heterocycles. The minimum Gasteiger partial charge on any atom is -0.480 e. The first-order chi connectivity index (χ1) is 12.8. The Morgan fingerprint density at radius 2 is 1.81 bits per heavy atom. The number of morpholine rings is 1. The summed E-state index contributed by atoms with van der Waals surface area (Å²) in [7, 11) is -2.17. The molecule has 0 radical (unpaired) electrons. The predicted molar refractivity (Wildman–Crippen MR) is 93.9 cm³/mol. The van der Waals surface area contributed by atoms with E-state index in [1.54, 1.807) is 0 Å². The number of rotatable bonds is 5. The Morgan fingerprint density at radius 1 is 1.19 bits per heavy atom. The fourth-order valence-electron chi connectivity index (χ4n) is 3.30. The van der Waals surface area contributed by atoms with E-state index >= 15 is 0 Å². The molecule has 148 valence electrons. The molecule has 9 nitrogen and oxygen atoms in total. The van der Waals surface area contributed by atoms with Crippen LogP contribution >= 0.6 is 0 Å². The van der Waals surface area contributed by atoms with Gasteiger partial charge in [0.2, 0.25) is 10.0 Å². The number of methoxy groups -OCH3 is 1. The van der Waals surface area contributed by atoms with Gasteiger partial charge in [0.1, 0.15) is 6.04 Å². The molecule has 1 N–H and O–H groups in total. The zero-order valence-electron chi connectivity index (χ0n) is 14.9. The van der Waals surface area contributed by atoms with E-state index in [1.807, 2.05) is 0 Å². The number of carbonyl (C=O) groups is 2. The molecule has 3 rings (SSSR count). The molecule has 27 heavy (non-hydrogen) atoms. The Morgan fingerprint density at radius 3 is 2.37 bits per heavy atom. The van der Waals surface area contributed by atoms with Crippen molar-refractivity contribution < 1.29 is 32.6 Å². The Bertz CT molecular complexity index is 803. The van der Waals surface area contributed by atoms with Crippen molar-refractivity contribution in [3.8, 4) is 0 Å². The first-order valence-electron chi connectivity index (χ1n) is 8.59. The second-order valence-electron chi connectivity index (χ2n) is 6.45. The van der Waals surface area contributed by atoms with Gasteiger partial charge in [-0.25, -0.2) is 13.2 Å². The molecule has 1 aromatic rings. The summed E-state index contributed by atoms with van der Waals surface area (Å²) in [4.78, 5) is 25.5. The van der Waals surface area contributed by atoms with Crippen molar-refractivity contribution in [2.24, 2.45) is 0 Å². The van der Waals surface area contributed by atoms with Crippen LogP contribution in [0.2, 0.25) is 0 Å². The molecule has 0 spiro atoms. The third-order valence-electron chi connectivity index (χ3n) is 4.85. The lowest BCUT2D eigenvalue weighted by Gasteiger charge is -2.26. The highest BCUT2D eigenvalue weighted by atomic mass is 32.2. The smallest absolute Gasteiger partial charge is 0.326 e. The number of benzene rings is 1. The van der Waals surface area contributed by atoms with Gasteiger partial charge in [-0.3, -0.25) is 4.79 Å². The molecule has 1 aromatic carbocycles. The molecule has 0 bridgehead atoms. The fourth-order valence-corrected chi connectivity index (χ4v) is 4.71. The number of nitrogens with zero attached hydrogens (tertiary/aromatic N) is 2. The van der Waals surface area contributed by atoms with Crippen LogP contribution in [0.5, 0.6) is 0 Å². The number of hydrogen-bond acceptors (Lipinski definition) is 6. The number of carboxylic acid groups (broad SMARTS) is 1. The van der Waals surface area contributed by atoms with Gasteiger partial charge in [0, 0.05) is 38.7 Å². The van der Waals surface area contributed by atoms with Crippen LogP contribution in [0, 0.1) is 0 Å². The lowest BCUT2D eigenvalue weighted by Crippen LogP contribution is -2.41. The number of ether oxygens (including phenoxy) is 2. The Kier molecular flexibility index (Phi) is 5.80. The first kappa shape index (κ1) is 19.7. The van der Waals surface area contributed by atoms with E-state index in [1.165, 1.54) is 40.6 Å². The van der Waals surface area contributed by atoms with Crippen molar-refractivity contribution in [1.82, 2.24) is 9.21 Å². The molecular formula is C17H22N2O7S.